The molecular formula is C14H17NO3. The molecule has 0 spiro atoms. The van der Waals surface area contributed by atoms with Gasteiger partial charge in [-0.05, 0) is 30.0 Å². The zero-order valence-electron chi connectivity index (χ0n) is 10.2. The molecule has 96 valence electrons. The minimum Gasteiger partial charge on any atom is -0.481 e. The van der Waals surface area contributed by atoms with Gasteiger partial charge in [0.2, 0.25) is 5.91 Å². The number of carboxylic acids is 1. The molecule has 0 aromatic heterocycles. The van der Waals surface area contributed by atoms with E-state index < -0.39 is 5.97 Å². The molecule has 2 rings (SSSR count). The van der Waals surface area contributed by atoms with Crippen LogP contribution in [0.2, 0.25) is 0 Å². The van der Waals surface area contributed by atoms with Gasteiger partial charge in [0.25, 0.3) is 0 Å². The molecule has 2 N–H and O–H groups in total. The molecule has 0 unspecified atom stereocenters. The molecule has 1 fully saturated rings. The van der Waals surface area contributed by atoms with Crippen molar-refractivity contribution in [3.63, 3.8) is 0 Å². The third-order valence-electron chi connectivity index (χ3n) is 3.04. The minimum atomic E-state index is -0.868. The van der Waals surface area contributed by atoms with E-state index >= 15 is 0 Å². The molecule has 18 heavy (non-hydrogen) atoms. The van der Waals surface area contributed by atoms with Crippen LogP contribution in [0.3, 0.4) is 0 Å². The van der Waals surface area contributed by atoms with E-state index in [1.54, 1.807) is 24.3 Å². The Balaban J connectivity index is 1.86. The average molecular weight is 247 g/mol. The van der Waals surface area contributed by atoms with E-state index in [-0.39, 0.29) is 12.3 Å². The first-order valence-electron chi connectivity index (χ1n) is 6.24. The van der Waals surface area contributed by atoms with Crippen LogP contribution in [0.4, 0.5) is 5.69 Å². The van der Waals surface area contributed by atoms with Gasteiger partial charge in [-0.2, -0.15) is 0 Å². The molecule has 1 saturated carbocycles. The maximum Gasteiger partial charge on any atom is 0.307 e. The van der Waals surface area contributed by atoms with E-state index in [1.807, 2.05) is 0 Å². The largest absolute Gasteiger partial charge is 0.481 e. The van der Waals surface area contributed by atoms with Crippen molar-refractivity contribution in [1.29, 1.82) is 0 Å². The van der Waals surface area contributed by atoms with Crippen LogP contribution in [-0.2, 0) is 16.0 Å². The van der Waals surface area contributed by atoms with E-state index in [4.69, 9.17) is 5.11 Å². The third kappa shape index (κ3) is 4.20. The van der Waals surface area contributed by atoms with Gasteiger partial charge in [0, 0.05) is 12.1 Å². The van der Waals surface area contributed by atoms with Crippen molar-refractivity contribution in [2.24, 2.45) is 5.92 Å². The van der Waals surface area contributed by atoms with Gasteiger partial charge in [0.05, 0.1) is 6.42 Å². The number of hydrogen-bond donors (Lipinski definition) is 2. The summed E-state index contributed by atoms with van der Waals surface area (Å²) in [6.07, 6.45) is 3.99. The first kappa shape index (κ1) is 12.6. The summed E-state index contributed by atoms with van der Waals surface area (Å²) in [7, 11) is 0. The lowest BCUT2D eigenvalue weighted by atomic mass is 10.1. The highest BCUT2D eigenvalue weighted by molar-refractivity contribution is 5.90. The normalized spacial score (nSPS) is 14.2. The van der Waals surface area contributed by atoms with Crippen LogP contribution >= 0.6 is 0 Å². The molecule has 0 radical (unpaired) electrons. The molecule has 1 aliphatic rings. The number of anilines is 1. The van der Waals surface area contributed by atoms with E-state index in [1.165, 1.54) is 12.8 Å². The van der Waals surface area contributed by atoms with Crippen molar-refractivity contribution >= 4 is 17.6 Å². The van der Waals surface area contributed by atoms with E-state index in [0.717, 1.165) is 12.3 Å². The lowest BCUT2D eigenvalue weighted by molar-refractivity contribution is -0.136. The van der Waals surface area contributed by atoms with Crippen LogP contribution in [0, 0.1) is 5.92 Å². The third-order valence-corrected chi connectivity index (χ3v) is 3.04. The summed E-state index contributed by atoms with van der Waals surface area (Å²) in [6.45, 7) is 0. The van der Waals surface area contributed by atoms with Crippen LogP contribution in [0.1, 0.15) is 31.2 Å². The highest BCUT2D eigenvalue weighted by Gasteiger charge is 2.21. The first-order chi connectivity index (χ1) is 8.63. The Hall–Kier alpha value is -1.84. The summed E-state index contributed by atoms with van der Waals surface area (Å²) in [4.78, 5) is 22.3. The Bertz CT molecular complexity index is 452. The highest BCUT2D eigenvalue weighted by Crippen LogP contribution is 2.33. The number of carbonyl (C=O) groups is 2. The Morgan fingerprint density at radius 3 is 2.78 bits per heavy atom. The summed E-state index contributed by atoms with van der Waals surface area (Å²) in [5.74, 6) is -0.115. The fraction of sp³-hybridized carbons (Fsp3) is 0.429. The fourth-order valence-electron chi connectivity index (χ4n) is 1.90. The number of amides is 1. The van der Waals surface area contributed by atoms with Crippen molar-refractivity contribution in [1.82, 2.24) is 0 Å². The van der Waals surface area contributed by atoms with Crippen molar-refractivity contribution in [2.45, 2.75) is 32.1 Å². The predicted octanol–water partition coefficient (Wildman–Crippen LogP) is 2.44. The van der Waals surface area contributed by atoms with Crippen molar-refractivity contribution < 1.29 is 14.7 Å². The van der Waals surface area contributed by atoms with Crippen molar-refractivity contribution in [3.05, 3.63) is 29.8 Å². The second kappa shape index (κ2) is 5.67. The maximum absolute atomic E-state index is 11.7. The smallest absolute Gasteiger partial charge is 0.307 e. The Morgan fingerprint density at radius 1 is 1.33 bits per heavy atom. The molecular weight excluding hydrogens is 230 g/mol. The fourth-order valence-corrected chi connectivity index (χ4v) is 1.90. The minimum absolute atomic E-state index is 0.00868. The molecule has 0 heterocycles. The number of carboxylic acid groups (broad SMARTS) is 1. The molecule has 1 amide bonds. The van der Waals surface area contributed by atoms with E-state index in [0.29, 0.717) is 17.7 Å². The number of carbonyl (C=O) groups excluding carboxylic acids is 1. The lowest BCUT2D eigenvalue weighted by Gasteiger charge is -2.06. The van der Waals surface area contributed by atoms with Gasteiger partial charge in [-0.25, -0.2) is 0 Å². The summed E-state index contributed by atoms with van der Waals surface area (Å²) in [5, 5.41) is 11.5. The van der Waals surface area contributed by atoms with Crippen LogP contribution in [-0.4, -0.2) is 17.0 Å². The van der Waals surface area contributed by atoms with Crippen molar-refractivity contribution in [2.75, 3.05) is 5.32 Å². The molecule has 0 aliphatic heterocycles. The Kier molecular flexibility index (Phi) is 3.97. The molecule has 4 heteroatoms. The molecule has 0 atom stereocenters. The number of hydrogen-bond acceptors (Lipinski definition) is 2. The standard InChI is InChI=1S/C14H17NO3/c16-13(7-6-10-4-5-10)15-12-3-1-2-11(8-12)9-14(17)18/h1-3,8,10H,4-7,9H2,(H,15,16)(H,17,18). The molecule has 0 saturated heterocycles. The molecule has 4 nitrogen and oxygen atoms in total. The molecule has 1 aromatic carbocycles. The summed E-state index contributed by atoms with van der Waals surface area (Å²) < 4.78 is 0. The Morgan fingerprint density at radius 2 is 2.11 bits per heavy atom. The Labute approximate surface area is 106 Å². The first-order valence-corrected chi connectivity index (χ1v) is 6.24. The summed E-state index contributed by atoms with van der Waals surface area (Å²) >= 11 is 0. The van der Waals surface area contributed by atoms with Gasteiger partial charge < -0.3 is 10.4 Å². The van der Waals surface area contributed by atoms with Crippen LogP contribution in [0.15, 0.2) is 24.3 Å². The predicted molar refractivity (Wildman–Crippen MR) is 68.4 cm³/mol. The van der Waals surface area contributed by atoms with Crippen LogP contribution < -0.4 is 5.32 Å². The number of aliphatic carboxylic acids is 1. The SMILES string of the molecule is O=C(O)Cc1cccc(NC(=O)CCC2CC2)c1. The van der Waals surface area contributed by atoms with Gasteiger partial charge in [-0.15, -0.1) is 0 Å². The number of benzene rings is 1. The van der Waals surface area contributed by atoms with Gasteiger partial charge >= 0.3 is 5.97 Å². The monoisotopic (exact) mass is 247 g/mol. The lowest BCUT2D eigenvalue weighted by Crippen LogP contribution is -2.11. The zero-order valence-corrected chi connectivity index (χ0v) is 10.2. The van der Waals surface area contributed by atoms with Gasteiger partial charge in [-0.1, -0.05) is 25.0 Å². The van der Waals surface area contributed by atoms with Crippen molar-refractivity contribution in [3.8, 4) is 0 Å². The zero-order chi connectivity index (χ0) is 13.0. The second-order valence-corrected chi connectivity index (χ2v) is 4.80. The van der Waals surface area contributed by atoms with Gasteiger partial charge in [0.1, 0.15) is 0 Å². The van der Waals surface area contributed by atoms with Crippen LogP contribution in [0.25, 0.3) is 0 Å². The summed E-state index contributed by atoms with van der Waals surface area (Å²) in [5.41, 5.74) is 1.37. The number of nitrogens with one attached hydrogen (secondary N) is 1. The second-order valence-electron chi connectivity index (χ2n) is 4.80. The van der Waals surface area contributed by atoms with E-state index in [9.17, 15) is 9.59 Å². The molecule has 1 aromatic rings. The van der Waals surface area contributed by atoms with E-state index in [2.05, 4.69) is 5.32 Å². The van der Waals surface area contributed by atoms with Gasteiger partial charge in [0.15, 0.2) is 0 Å². The topological polar surface area (TPSA) is 66.4 Å². The van der Waals surface area contributed by atoms with Crippen LogP contribution in [0.5, 0.6) is 0 Å². The quantitative estimate of drug-likeness (QED) is 0.811. The molecule has 1 aliphatic carbocycles. The number of rotatable bonds is 6. The maximum atomic E-state index is 11.7. The highest BCUT2D eigenvalue weighted by atomic mass is 16.4. The average Bonchev–Trinajstić information content (AvgIpc) is 3.09. The molecule has 0 bridgehead atoms. The van der Waals surface area contributed by atoms with Gasteiger partial charge in [-0.3, -0.25) is 9.59 Å². The summed E-state index contributed by atoms with van der Waals surface area (Å²) in [6, 6.07) is 6.99.